The first kappa shape index (κ1) is 13.1. The number of hydrogen-bond acceptors (Lipinski definition) is 3. The second kappa shape index (κ2) is 5.52. The zero-order chi connectivity index (χ0) is 13.0. The number of nitrogens with zero attached hydrogens (tertiary/aromatic N) is 1. The van der Waals surface area contributed by atoms with Gasteiger partial charge in [-0.05, 0) is 43.7 Å². The minimum Gasteiger partial charge on any atom is -0.200 e. The van der Waals surface area contributed by atoms with Gasteiger partial charge in [-0.3, -0.25) is 0 Å². The molecule has 0 aliphatic heterocycles. The zero-order valence-corrected chi connectivity index (χ0v) is 11.3. The van der Waals surface area contributed by atoms with Crippen LogP contribution in [-0.4, -0.2) is 14.1 Å². The molecule has 1 fully saturated rings. The van der Waals surface area contributed by atoms with Crippen LogP contribution in [0.25, 0.3) is 0 Å². The normalized spacial score (nSPS) is 20.5. The molecule has 1 saturated carbocycles. The molecule has 4 nitrogen and oxygen atoms in total. The molecule has 0 bridgehead atoms. The van der Waals surface area contributed by atoms with Crippen LogP contribution < -0.4 is 4.83 Å². The average Bonchev–Trinajstić information content (AvgIpc) is 2.39. The fraction of sp³-hybridized carbons (Fsp3) is 0.462. The Kier molecular flexibility index (Phi) is 4.01. The minimum absolute atomic E-state index is 0.249. The Labute approximate surface area is 108 Å². The number of rotatable bonds is 3. The van der Waals surface area contributed by atoms with Crippen LogP contribution in [0, 0.1) is 5.92 Å². The van der Waals surface area contributed by atoms with Crippen molar-refractivity contribution < 1.29 is 8.42 Å². The molecule has 5 heteroatoms. The topological polar surface area (TPSA) is 58.5 Å². The number of hydrazone groups is 1. The van der Waals surface area contributed by atoms with Gasteiger partial charge in [0.15, 0.2) is 0 Å². The Morgan fingerprint density at radius 1 is 1.17 bits per heavy atom. The van der Waals surface area contributed by atoms with Gasteiger partial charge < -0.3 is 0 Å². The lowest BCUT2D eigenvalue weighted by Gasteiger charge is -2.18. The summed E-state index contributed by atoms with van der Waals surface area (Å²) < 4.78 is 23.8. The van der Waals surface area contributed by atoms with Gasteiger partial charge in [0.25, 0.3) is 10.0 Å². The van der Waals surface area contributed by atoms with Crippen LogP contribution in [-0.2, 0) is 10.0 Å². The van der Waals surface area contributed by atoms with Crippen LogP contribution in [0.2, 0.25) is 0 Å². The van der Waals surface area contributed by atoms with Crippen molar-refractivity contribution in [2.24, 2.45) is 11.0 Å². The van der Waals surface area contributed by atoms with Gasteiger partial charge in [-0.1, -0.05) is 25.1 Å². The van der Waals surface area contributed by atoms with E-state index in [0.717, 1.165) is 37.3 Å². The van der Waals surface area contributed by atoms with Crippen molar-refractivity contribution in [3.63, 3.8) is 0 Å². The fourth-order valence-electron chi connectivity index (χ4n) is 1.98. The Bertz CT molecular complexity index is 513. The van der Waals surface area contributed by atoms with E-state index >= 15 is 0 Å². The molecule has 1 aliphatic rings. The molecule has 0 unspecified atom stereocenters. The fourth-order valence-corrected chi connectivity index (χ4v) is 2.85. The maximum Gasteiger partial charge on any atom is 0.276 e. The maximum atomic E-state index is 11.9. The molecule has 0 aromatic heterocycles. The largest absolute Gasteiger partial charge is 0.276 e. The van der Waals surface area contributed by atoms with E-state index in [1.807, 2.05) is 0 Å². The van der Waals surface area contributed by atoms with Gasteiger partial charge in [0.1, 0.15) is 0 Å². The smallest absolute Gasteiger partial charge is 0.200 e. The van der Waals surface area contributed by atoms with Crippen molar-refractivity contribution in [1.29, 1.82) is 0 Å². The Hall–Kier alpha value is -1.36. The lowest BCUT2D eigenvalue weighted by Crippen LogP contribution is -2.22. The third-order valence-corrected chi connectivity index (χ3v) is 4.45. The molecule has 0 saturated heterocycles. The Morgan fingerprint density at radius 2 is 1.78 bits per heavy atom. The lowest BCUT2D eigenvalue weighted by atomic mass is 9.90. The molecule has 0 amide bonds. The summed E-state index contributed by atoms with van der Waals surface area (Å²) in [6, 6.07) is 8.30. The monoisotopic (exact) mass is 266 g/mol. The van der Waals surface area contributed by atoms with Crippen LogP contribution in [0.5, 0.6) is 0 Å². The van der Waals surface area contributed by atoms with E-state index in [1.165, 1.54) is 0 Å². The Balaban J connectivity index is 2.04. The molecular weight excluding hydrogens is 248 g/mol. The van der Waals surface area contributed by atoms with Crippen molar-refractivity contribution >= 4 is 15.7 Å². The predicted molar refractivity (Wildman–Crippen MR) is 71.8 cm³/mol. The highest BCUT2D eigenvalue weighted by Crippen LogP contribution is 2.21. The van der Waals surface area contributed by atoms with Crippen LogP contribution in [0.4, 0.5) is 0 Å². The van der Waals surface area contributed by atoms with Gasteiger partial charge in [-0.25, -0.2) is 4.83 Å². The summed E-state index contributed by atoms with van der Waals surface area (Å²) in [4.78, 5) is 2.57. The third-order valence-electron chi connectivity index (χ3n) is 3.23. The first-order chi connectivity index (χ1) is 8.58. The molecular formula is C13H18N2O2S. The van der Waals surface area contributed by atoms with Crippen LogP contribution in [0.1, 0.15) is 32.6 Å². The van der Waals surface area contributed by atoms with Gasteiger partial charge >= 0.3 is 0 Å². The minimum atomic E-state index is -3.51. The van der Waals surface area contributed by atoms with Crippen molar-refractivity contribution in [1.82, 2.24) is 4.83 Å². The molecule has 1 aromatic carbocycles. The molecule has 1 aromatic rings. The lowest BCUT2D eigenvalue weighted by molar-refractivity contribution is 0.482. The number of benzene rings is 1. The molecule has 1 aliphatic carbocycles. The summed E-state index contributed by atoms with van der Waals surface area (Å²) in [5.41, 5.74) is 0.951. The molecule has 0 atom stereocenters. The molecule has 0 spiro atoms. The molecule has 0 radical (unpaired) electrons. The third kappa shape index (κ3) is 3.32. The number of nitrogens with one attached hydrogen (secondary N) is 1. The van der Waals surface area contributed by atoms with Gasteiger partial charge in [0, 0.05) is 5.71 Å². The van der Waals surface area contributed by atoms with Crippen LogP contribution in [0.3, 0.4) is 0 Å². The highest BCUT2D eigenvalue weighted by atomic mass is 32.2. The highest BCUT2D eigenvalue weighted by molar-refractivity contribution is 7.89. The standard InChI is InChI=1S/C13H18N2O2S/c1-11-7-9-12(10-8-11)14-15-18(16,17)13-5-3-2-4-6-13/h2-6,11,15H,7-10H2,1H3. The molecule has 2 rings (SSSR count). The first-order valence-corrected chi connectivity index (χ1v) is 7.68. The second-order valence-electron chi connectivity index (χ2n) is 4.77. The summed E-state index contributed by atoms with van der Waals surface area (Å²) in [6.07, 6.45) is 3.95. The highest BCUT2D eigenvalue weighted by Gasteiger charge is 2.16. The van der Waals surface area contributed by atoms with Gasteiger partial charge in [0.2, 0.25) is 0 Å². The molecule has 98 valence electrons. The maximum absolute atomic E-state index is 11.9. The van der Waals surface area contributed by atoms with Crippen LogP contribution in [0.15, 0.2) is 40.3 Å². The van der Waals surface area contributed by atoms with E-state index in [-0.39, 0.29) is 4.90 Å². The average molecular weight is 266 g/mol. The van der Waals surface area contributed by atoms with E-state index in [2.05, 4.69) is 16.9 Å². The van der Waals surface area contributed by atoms with E-state index in [1.54, 1.807) is 30.3 Å². The van der Waals surface area contributed by atoms with Crippen molar-refractivity contribution in [2.75, 3.05) is 0 Å². The predicted octanol–water partition coefficient (Wildman–Crippen LogP) is 2.53. The summed E-state index contributed by atoms with van der Waals surface area (Å²) in [6.45, 7) is 2.21. The molecule has 0 heterocycles. The molecule has 1 N–H and O–H groups in total. The zero-order valence-electron chi connectivity index (χ0n) is 10.5. The summed E-state index contributed by atoms with van der Waals surface area (Å²) in [5.74, 6) is 0.717. The number of hydrogen-bond donors (Lipinski definition) is 1. The summed E-state index contributed by atoms with van der Waals surface area (Å²) in [5, 5.41) is 4.04. The van der Waals surface area contributed by atoms with Gasteiger partial charge in [-0.2, -0.15) is 13.5 Å². The second-order valence-corrected chi connectivity index (χ2v) is 6.43. The quantitative estimate of drug-likeness (QED) is 0.855. The van der Waals surface area contributed by atoms with Crippen molar-refractivity contribution in [3.05, 3.63) is 30.3 Å². The van der Waals surface area contributed by atoms with E-state index in [4.69, 9.17) is 0 Å². The van der Waals surface area contributed by atoms with Crippen molar-refractivity contribution in [3.8, 4) is 0 Å². The first-order valence-electron chi connectivity index (χ1n) is 6.20. The number of sulfonamides is 1. The van der Waals surface area contributed by atoms with Gasteiger partial charge in [0.05, 0.1) is 4.90 Å². The SMILES string of the molecule is CC1CCC(=NNS(=O)(=O)c2ccccc2)CC1. The van der Waals surface area contributed by atoms with Crippen LogP contribution >= 0.6 is 0 Å². The Morgan fingerprint density at radius 3 is 2.39 bits per heavy atom. The van der Waals surface area contributed by atoms with Crippen molar-refractivity contribution in [2.45, 2.75) is 37.5 Å². The van der Waals surface area contributed by atoms with E-state index in [0.29, 0.717) is 0 Å². The molecule has 18 heavy (non-hydrogen) atoms. The van der Waals surface area contributed by atoms with E-state index < -0.39 is 10.0 Å². The summed E-state index contributed by atoms with van der Waals surface area (Å²) in [7, 11) is -3.51. The summed E-state index contributed by atoms with van der Waals surface area (Å²) >= 11 is 0. The van der Waals surface area contributed by atoms with Gasteiger partial charge in [-0.15, -0.1) is 0 Å². The van der Waals surface area contributed by atoms with E-state index in [9.17, 15) is 8.42 Å².